The first kappa shape index (κ1) is 18.9. The largest absolute Gasteiger partial charge is 0.419 e. The van der Waals surface area contributed by atoms with Crippen molar-refractivity contribution in [3.8, 4) is 11.1 Å². The van der Waals surface area contributed by atoms with E-state index < -0.39 is 17.6 Å². The number of aryl methyl sites for hydroxylation is 1. The van der Waals surface area contributed by atoms with Gasteiger partial charge in [0.15, 0.2) is 0 Å². The van der Waals surface area contributed by atoms with E-state index in [1.165, 1.54) is 0 Å². The van der Waals surface area contributed by atoms with Crippen LogP contribution in [0, 0.1) is 5.82 Å². The molecule has 0 spiro atoms. The van der Waals surface area contributed by atoms with Gasteiger partial charge in [0.05, 0.1) is 5.56 Å². The van der Waals surface area contributed by atoms with E-state index in [1.54, 1.807) is 30.3 Å². The van der Waals surface area contributed by atoms with Gasteiger partial charge < -0.3 is 0 Å². The molecule has 0 heterocycles. The lowest BCUT2D eigenvalue weighted by atomic mass is 9.77. The Morgan fingerprint density at radius 2 is 1.65 bits per heavy atom. The average Bonchev–Trinajstić information content (AvgIpc) is 2.63. The van der Waals surface area contributed by atoms with Crippen LogP contribution in [0.1, 0.15) is 68.1 Å². The third kappa shape index (κ3) is 3.79. The predicted molar refractivity (Wildman–Crippen MR) is 96.7 cm³/mol. The maximum Gasteiger partial charge on any atom is 0.419 e. The first-order chi connectivity index (χ1) is 12.4. The third-order valence-electron chi connectivity index (χ3n) is 5.29. The Morgan fingerprint density at radius 1 is 1.00 bits per heavy atom. The number of hydrogen-bond donors (Lipinski definition) is 0. The summed E-state index contributed by atoms with van der Waals surface area (Å²) in [7, 11) is 0. The minimum absolute atomic E-state index is 0.136. The molecule has 0 saturated heterocycles. The molecular weight excluding hydrogens is 340 g/mol. The van der Waals surface area contributed by atoms with Gasteiger partial charge in [-0.1, -0.05) is 62.9 Å². The van der Waals surface area contributed by atoms with Gasteiger partial charge in [-0.2, -0.15) is 13.2 Å². The Hall–Kier alpha value is -1.84. The van der Waals surface area contributed by atoms with E-state index in [2.05, 4.69) is 0 Å². The fourth-order valence-electron chi connectivity index (χ4n) is 4.16. The SMILES string of the molecule is CCCc1cc(C(F)(F)F)c(F)c(-c2ccccc2)c1C1CCCCC1. The summed E-state index contributed by atoms with van der Waals surface area (Å²) in [5.41, 5.74) is 1.03. The van der Waals surface area contributed by atoms with Crippen molar-refractivity contribution in [3.63, 3.8) is 0 Å². The molecule has 0 aliphatic heterocycles. The van der Waals surface area contributed by atoms with E-state index >= 15 is 4.39 Å². The van der Waals surface area contributed by atoms with Gasteiger partial charge >= 0.3 is 6.18 Å². The van der Waals surface area contributed by atoms with Crippen molar-refractivity contribution in [2.75, 3.05) is 0 Å². The molecule has 0 atom stereocenters. The number of halogens is 4. The highest BCUT2D eigenvalue weighted by Gasteiger charge is 2.38. The highest BCUT2D eigenvalue weighted by Crippen LogP contribution is 2.45. The Balaban J connectivity index is 2.30. The van der Waals surface area contributed by atoms with Crippen LogP contribution in [0.25, 0.3) is 11.1 Å². The summed E-state index contributed by atoms with van der Waals surface area (Å²) in [4.78, 5) is 0. The second kappa shape index (κ2) is 7.81. The summed E-state index contributed by atoms with van der Waals surface area (Å²) in [5, 5.41) is 0. The summed E-state index contributed by atoms with van der Waals surface area (Å²) in [6.45, 7) is 1.95. The molecule has 1 saturated carbocycles. The van der Waals surface area contributed by atoms with Crippen molar-refractivity contribution in [3.05, 3.63) is 58.9 Å². The summed E-state index contributed by atoms with van der Waals surface area (Å²) in [6, 6.07) is 9.77. The fraction of sp³-hybridized carbons (Fsp3) is 0.455. The topological polar surface area (TPSA) is 0 Å². The first-order valence-corrected chi connectivity index (χ1v) is 9.41. The molecule has 140 valence electrons. The van der Waals surface area contributed by atoms with Gasteiger partial charge in [0, 0.05) is 5.56 Å². The maximum atomic E-state index is 15.2. The molecule has 2 aromatic rings. The van der Waals surface area contributed by atoms with Crippen molar-refractivity contribution in [1.29, 1.82) is 0 Å². The summed E-state index contributed by atoms with van der Waals surface area (Å²) in [5.74, 6) is -0.985. The van der Waals surface area contributed by atoms with Gasteiger partial charge in [0.2, 0.25) is 0 Å². The molecule has 1 fully saturated rings. The lowest BCUT2D eigenvalue weighted by molar-refractivity contribution is -0.140. The molecule has 0 aromatic heterocycles. The minimum atomic E-state index is -4.69. The van der Waals surface area contributed by atoms with Crippen LogP contribution in [0.3, 0.4) is 0 Å². The van der Waals surface area contributed by atoms with Crippen LogP contribution < -0.4 is 0 Å². The lowest BCUT2D eigenvalue weighted by Crippen LogP contribution is -2.16. The second-order valence-electron chi connectivity index (χ2n) is 7.13. The van der Waals surface area contributed by atoms with Gasteiger partial charge in [-0.05, 0) is 47.9 Å². The summed E-state index contributed by atoms with van der Waals surface area (Å²) < 4.78 is 55.7. The standard InChI is InChI=1S/C22H24F4/c1-2-9-17-14-18(22(24,25)26)21(23)20(16-12-7-4-8-13-16)19(17)15-10-5-3-6-11-15/h4,7-8,12-15H,2-3,5-6,9-11H2,1H3. The van der Waals surface area contributed by atoms with Crippen molar-refractivity contribution in [2.24, 2.45) is 0 Å². The molecule has 1 aliphatic rings. The smallest absolute Gasteiger partial charge is 0.206 e. The molecule has 0 nitrogen and oxygen atoms in total. The van der Waals surface area contributed by atoms with Crippen LogP contribution in [-0.2, 0) is 12.6 Å². The van der Waals surface area contributed by atoms with E-state index in [9.17, 15) is 13.2 Å². The van der Waals surface area contributed by atoms with Gasteiger partial charge in [0.1, 0.15) is 5.82 Å². The zero-order chi connectivity index (χ0) is 18.7. The molecule has 0 bridgehead atoms. The fourth-order valence-corrected chi connectivity index (χ4v) is 4.16. The van der Waals surface area contributed by atoms with Crippen LogP contribution in [0.5, 0.6) is 0 Å². The molecule has 26 heavy (non-hydrogen) atoms. The van der Waals surface area contributed by atoms with E-state index in [0.29, 0.717) is 17.5 Å². The Morgan fingerprint density at radius 3 is 2.23 bits per heavy atom. The molecule has 3 rings (SSSR count). The zero-order valence-corrected chi connectivity index (χ0v) is 15.0. The van der Waals surface area contributed by atoms with Crippen molar-refractivity contribution < 1.29 is 17.6 Å². The van der Waals surface area contributed by atoms with E-state index in [4.69, 9.17) is 0 Å². The Bertz CT molecular complexity index is 741. The van der Waals surface area contributed by atoms with Gasteiger partial charge in [-0.3, -0.25) is 0 Å². The molecule has 0 N–H and O–H groups in total. The quantitative estimate of drug-likeness (QED) is 0.492. The normalized spacial score (nSPS) is 16.0. The van der Waals surface area contributed by atoms with E-state index in [1.807, 2.05) is 6.92 Å². The van der Waals surface area contributed by atoms with Gasteiger partial charge in [-0.15, -0.1) is 0 Å². The number of benzene rings is 2. The highest BCUT2D eigenvalue weighted by molar-refractivity contribution is 5.72. The van der Waals surface area contributed by atoms with Crippen LogP contribution in [-0.4, -0.2) is 0 Å². The maximum absolute atomic E-state index is 15.2. The summed E-state index contributed by atoms with van der Waals surface area (Å²) in [6.07, 6.45) is 1.65. The number of rotatable bonds is 4. The van der Waals surface area contributed by atoms with Crippen molar-refractivity contribution in [1.82, 2.24) is 0 Å². The van der Waals surface area contributed by atoms with Gasteiger partial charge in [-0.25, -0.2) is 4.39 Å². The van der Waals surface area contributed by atoms with Crippen molar-refractivity contribution in [2.45, 2.75) is 64.0 Å². The molecule has 4 heteroatoms. The van der Waals surface area contributed by atoms with Crippen LogP contribution in [0.4, 0.5) is 17.6 Å². The van der Waals surface area contributed by atoms with Crippen LogP contribution >= 0.6 is 0 Å². The molecule has 1 aliphatic carbocycles. The molecule has 0 unspecified atom stereocenters. The Labute approximate surface area is 152 Å². The second-order valence-corrected chi connectivity index (χ2v) is 7.13. The van der Waals surface area contributed by atoms with Crippen molar-refractivity contribution >= 4 is 0 Å². The Kier molecular flexibility index (Phi) is 5.69. The third-order valence-corrected chi connectivity index (χ3v) is 5.29. The number of hydrogen-bond acceptors (Lipinski definition) is 0. The zero-order valence-electron chi connectivity index (χ0n) is 15.0. The molecule has 2 aromatic carbocycles. The van der Waals surface area contributed by atoms with E-state index in [-0.39, 0.29) is 11.5 Å². The summed E-state index contributed by atoms with van der Waals surface area (Å²) >= 11 is 0. The van der Waals surface area contributed by atoms with E-state index in [0.717, 1.165) is 50.2 Å². The lowest BCUT2D eigenvalue weighted by Gasteiger charge is -2.29. The van der Waals surface area contributed by atoms with Crippen LogP contribution in [0.15, 0.2) is 36.4 Å². The molecule has 0 amide bonds. The monoisotopic (exact) mass is 364 g/mol. The predicted octanol–water partition coefficient (Wildman–Crippen LogP) is 7.51. The first-order valence-electron chi connectivity index (χ1n) is 9.41. The molecule has 0 radical (unpaired) electrons. The highest BCUT2D eigenvalue weighted by atomic mass is 19.4. The minimum Gasteiger partial charge on any atom is -0.206 e. The average molecular weight is 364 g/mol. The number of alkyl halides is 3. The van der Waals surface area contributed by atoms with Crippen LogP contribution in [0.2, 0.25) is 0 Å². The molecular formula is C22H24F4. The van der Waals surface area contributed by atoms with Gasteiger partial charge in [0.25, 0.3) is 0 Å².